The number of anilines is 4. The first kappa shape index (κ1) is 18.3. The van der Waals surface area contributed by atoms with E-state index in [2.05, 4.69) is 25.9 Å². The summed E-state index contributed by atoms with van der Waals surface area (Å²) in [6.07, 6.45) is 2.85. The zero-order valence-corrected chi connectivity index (χ0v) is 15.1. The number of hydrogen-bond donors (Lipinski definition) is 3. The Hall–Kier alpha value is -3.45. The number of carbonyl (C=O) groups is 2. The van der Waals surface area contributed by atoms with Crippen molar-refractivity contribution in [2.45, 2.75) is 6.92 Å². The molecule has 0 bridgehead atoms. The van der Waals surface area contributed by atoms with Gasteiger partial charge < -0.3 is 16.0 Å². The molecule has 3 N–H and O–H groups in total. The minimum atomic E-state index is -0.352. The van der Waals surface area contributed by atoms with Gasteiger partial charge in [-0.15, -0.1) is 0 Å². The maximum Gasteiger partial charge on any atom is 0.258 e. The molecule has 0 saturated heterocycles. The molecule has 3 aromatic rings. The molecule has 0 aliphatic heterocycles. The second-order valence-electron chi connectivity index (χ2n) is 5.61. The fraction of sp³-hybridized carbons (Fsp3) is 0.0526. The number of nitrogens with one attached hydrogen (secondary N) is 3. The molecular weight excluding hydrogens is 366 g/mol. The molecule has 7 nitrogen and oxygen atoms in total. The fourth-order valence-electron chi connectivity index (χ4n) is 2.24. The second kappa shape index (κ2) is 8.29. The average molecular weight is 382 g/mol. The van der Waals surface area contributed by atoms with Crippen LogP contribution in [-0.4, -0.2) is 21.8 Å². The second-order valence-corrected chi connectivity index (χ2v) is 6.02. The Bertz CT molecular complexity index is 959. The summed E-state index contributed by atoms with van der Waals surface area (Å²) in [5.41, 5.74) is 2.27. The summed E-state index contributed by atoms with van der Waals surface area (Å²) < 4.78 is 0. The monoisotopic (exact) mass is 381 g/mol. The van der Waals surface area contributed by atoms with Gasteiger partial charge in [-0.1, -0.05) is 23.7 Å². The molecule has 136 valence electrons. The van der Waals surface area contributed by atoms with Gasteiger partial charge in [-0.3, -0.25) is 9.59 Å². The van der Waals surface area contributed by atoms with E-state index >= 15 is 0 Å². The van der Waals surface area contributed by atoms with Gasteiger partial charge in [0, 0.05) is 30.7 Å². The van der Waals surface area contributed by atoms with E-state index in [0.29, 0.717) is 27.9 Å². The van der Waals surface area contributed by atoms with Crippen molar-refractivity contribution in [1.82, 2.24) is 9.97 Å². The molecule has 0 aliphatic carbocycles. The number of amides is 2. The number of aromatic nitrogens is 2. The third kappa shape index (κ3) is 5.02. The molecule has 0 spiro atoms. The number of halogens is 1. The van der Waals surface area contributed by atoms with Gasteiger partial charge in [0.15, 0.2) is 0 Å². The van der Waals surface area contributed by atoms with Gasteiger partial charge in [-0.25, -0.2) is 9.97 Å². The Balaban J connectivity index is 1.64. The molecule has 0 aliphatic rings. The summed E-state index contributed by atoms with van der Waals surface area (Å²) in [4.78, 5) is 31.6. The molecule has 8 heteroatoms. The van der Waals surface area contributed by atoms with Gasteiger partial charge in [-0.2, -0.15) is 0 Å². The van der Waals surface area contributed by atoms with Crippen LogP contribution in [0.15, 0.2) is 60.9 Å². The van der Waals surface area contributed by atoms with Crippen LogP contribution < -0.4 is 16.0 Å². The summed E-state index contributed by atoms with van der Waals surface area (Å²) in [5.74, 6) is -0.143. The molecule has 27 heavy (non-hydrogen) atoms. The van der Waals surface area contributed by atoms with Crippen molar-refractivity contribution >= 4 is 46.4 Å². The quantitative estimate of drug-likeness (QED) is 0.618. The summed E-state index contributed by atoms with van der Waals surface area (Å²) in [7, 11) is 0. The van der Waals surface area contributed by atoms with Gasteiger partial charge >= 0.3 is 0 Å². The van der Waals surface area contributed by atoms with Crippen LogP contribution in [0.5, 0.6) is 0 Å². The van der Waals surface area contributed by atoms with Crippen molar-refractivity contribution in [3.05, 3.63) is 71.5 Å². The molecule has 0 unspecified atom stereocenters. The van der Waals surface area contributed by atoms with Crippen LogP contribution in [0.25, 0.3) is 0 Å². The first-order chi connectivity index (χ1) is 13.0. The molecule has 3 rings (SSSR count). The van der Waals surface area contributed by atoms with Crippen molar-refractivity contribution < 1.29 is 9.59 Å². The van der Waals surface area contributed by atoms with Crippen LogP contribution in [0.1, 0.15) is 17.3 Å². The first-order valence-corrected chi connectivity index (χ1v) is 8.41. The lowest BCUT2D eigenvalue weighted by Crippen LogP contribution is -2.13. The van der Waals surface area contributed by atoms with E-state index in [1.165, 1.54) is 19.3 Å². The third-order valence-corrected chi connectivity index (χ3v) is 3.83. The lowest BCUT2D eigenvalue weighted by Gasteiger charge is -2.08. The highest BCUT2D eigenvalue weighted by molar-refractivity contribution is 6.33. The molecule has 0 radical (unpaired) electrons. The van der Waals surface area contributed by atoms with E-state index < -0.39 is 0 Å². The number of para-hydroxylation sites is 1. The predicted molar refractivity (Wildman–Crippen MR) is 105 cm³/mol. The van der Waals surface area contributed by atoms with E-state index in [9.17, 15) is 9.59 Å². The first-order valence-electron chi connectivity index (χ1n) is 8.04. The van der Waals surface area contributed by atoms with Crippen LogP contribution in [-0.2, 0) is 4.79 Å². The average Bonchev–Trinajstić information content (AvgIpc) is 2.65. The lowest BCUT2D eigenvalue weighted by molar-refractivity contribution is -0.114. The third-order valence-electron chi connectivity index (χ3n) is 3.50. The zero-order chi connectivity index (χ0) is 19.2. The molecule has 0 fully saturated rings. The van der Waals surface area contributed by atoms with Crippen LogP contribution in [0.2, 0.25) is 5.02 Å². The molecule has 0 saturated carbocycles. The minimum absolute atomic E-state index is 0.135. The van der Waals surface area contributed by atoms with Gasteiger partial charge in [-0.05, 0) is 36.4 Å². The van der Waals surface area contributed by atoms with Crippen molar-refractivity contribution in [3.63, 3.8) is 0 Å². The number of nitrogens with zero attached hydrogens (tertiary/aromatic N) is 2. The zero-order valence-electron chi connectivity index (χ0n) is 14.4. The van der Waals surface area contributed by atoms with Gasteiger partial charge in [0.25, 0.3) is 5.91 Å². The Labute approximate surface area is 160 Å². The SMILES string of the molecule is CC(=O)Nc1ccc(Nc2ncc(C(=O)Nc3ccccc3Cl)cn2)cc1. The number of hydrogen-bond acceptors (Lipinski definition) is 5. The van der Waals surface area contributed by atoms with Crippen LogP contribution in [0, 0.1) is 0 Å². The Morgan fingerprint density at radius 1 is 0.889 bits per heavy atom. The maximum absolute atomic E-state index is 12.3. The van der Waals surface area contributed by atoms with Crippen molar-refractivity contribution in [2.24, 2.45) is 0 Å². The van der Waals surface area contributed by atoms with E-state index in [1.807, 2.05) is 0 Å². The van der Waals surface area contributed by atoms with E-state index in [0.717, 1.165) is 5.69 Å². The van der Waals surface area contributed by atoms with E-state index in [-0.39, 0.29) is 11.8 Å². The van der Waals surface area contributed by atoms with Crippen LogP contribution in [0.4, 0.5) is 23.0 Å². The summed E-state index contributed by atoms with van der Waals surface area (Å²) in [6, 6.07) is 14.1. The van der Waals surface area contributed by atoms with E-state index in [4.69, 9.17) is 11.6 Å². The normalized spacial score (nSPS) is 10.1. The summed E-state index contributed by atoms with van der Waals surface area (Å²) in [6.45, 7) is 1.45. The van der Waals surface area contributed by atoms with Crippen molar-refractivity contribution in [3.8, 4) is 0 Å². The standard InChI is InChI=1S/C19H16ClN5O2/c1-12(26)23-14-6-8-15(9-7-14)24-19-21-10-13(11-22-19)18(27)25-17-5-3-2-4-16(17)20/h2-11H,1H3,(H,23,26)(H,25,27)(H,21,22,24). The highest BCUT2D eigenvalue weighted by atomic mass is 35.5. The number of rotatable bonds is 5. The highest BCUT2D eigenvalue weighted by Crippen LogP contribution is 2.21. The fourth-order valence-corrected chi connectivity index (χ4v) is 2.42. The van der Waals surface area contributed by atoms with Crippen molar-refractivity contribution in [1.29, 1.82) is 0 Å². The lowest BCUT2D eigenvalue weighted by atomic mass is 10.2. The highest BCUT2D eigenvalue weighted by Gasteiger charge is 2.09. The molecule has 1 heterocycles. The Morgan fingerprint density at radius 3 is 2.15 bits per heavy atom. The number of benzene rings is 2. The van der Waals surface area contributed by atoms with Gasteiger partial charge in [0.1, 0.15) is 0 Å². The van der Waals surface area contributed by atoms with Crippen LogP contribution in [0.3, 0.4) is 0 Å². The molecule has 2 aromatic carbocycles. The Kier molecular flexibility index (Phi) is 5.63. The van der Waals surface area contributed by atoms with Gasteiger partial charge in [0.2, 0.25) is 11.9 Å². The molecule has 0 atom stereocenters. The molecular formula is C19H16ClN5O2. The Morgan fingerprint density at radius 2 is 1.52 bits per heavy atom. The smallest absolute Gasteiger partial charge is 0.258 e. The minimum Gasteiger partial charge on any atom is -0.326 e. The molecule has 2 amide bonds. The van der Waals surface area contributed by atoms with Crippen molar-refractivity contribution in [2.75, 3.05) is 16.0 Å². The van der Waals surface area contributed by atoms with Gasteiger partial charge in [0.05, 0.1) is 16.3 Å². The largest absolute Gasteiger partial charge is 0.326 e. The summed E-state index contributed by atoms with van der Waals surface area (Å²) >= 11 is 6.03. The van der Waals surface area contributed by atoms with E-state index in [1.54, 1.807) is 48.5 Å². The predicted octanol–water partition coefficient (Wildman–Crippen LogP) is 4.08. The topological polar surface area (TPSA) is 96.0 Å². The summed E-state index contributed by atoms with van der Waals surface area (Å²) in [5, 5.41) is 8.87. The molecule has 1 aromatic heterocycles. The number of carbonyl (C=O) groups excluding carboxylic acids is 2. The maximum atomic E-state index is 12.3. The van der Waals surface area contributed by atoms with Crippen LogP contribution >= 0.6 is 11.6 Å².